The summed E-state index contributed by atoms with van der Waals surface area (Å²) in [5.74, 6) is 0.0778. The molecule has 0 saturated heterocycles. The predicted octanol–water partition coefficient (Wildman–Crippen LogP) is 4.29. The Balaban J connectivity index is 1.72. The summed E-state index contributed by atoms with van der Waals surface area (Å²) in [6, 6.07) is 7.93. The van der Waals surface area contributed by atoms with Crippen LogP contribution in [0.5, 0.6) is 0 Å². The fourth-order valence-corrected chi connectivity index (χ4v) is 3.45. The molecule has 3 nitrogen and oxygen atoms in total. The van der Waals surface area contributed by atoms with Crippen molar-refractivity contribution in [3.8, 4) is 0 Å². The fourth-order valence-electron chi connectivity index (χ4n) is 2.12. The van der Waals surface area contributed by atoms with Crippen molar-refractivity contribution in [2.75, 3.05) is 6.54 Å². The van der Waals surface area contributed by atoms with Crippen molar-refractivity contribution in [1.82, 2.24) is 4.90 Å². The number of hydrogen-bond donors (Lipinski definition) is 0. The smallest absolute Gasteiger partial charge is 0.255 e. The molecule has 0 saturated carbocycles. The lowest BCUT2D eigenvalue weighted by atomic mass is 10.2. The highest BCUT2D eigenvalue weighted by atomic mass is 32.1. The minimum atomic E-state index is 0.0778. The van der Waals surface area contributed by atoms with Gasteiger partial charge in [0.15, 0.2) is 0 Å². The average molecular weight is 317 g/mol. The highest BCUT2D eigenvalue weighted by Crippen LogP contribution is 2.16. The van der Waals surface area contributed by atoms with Crippen molar-refractivity contribution in [2.24, 2.45) is 0 Å². The van der Waals surface area contributed by atoms with Gasteiger partial charge in [0, 0.05) is 28.9 Å². The fraction of sp³-hybridized carbons (Fsp3) is 0.188. The first-order chi connectivity index (χ1) is 10.3. The van der Waals surface area contributed by atoms with E-state index in [1.807, 2.05) is 33.9 Å². The molecule has 0 fully saturated rings. The van der Waals surface area contributed by atoms with Crippen LogP contribution in [-0.2, 0) is 13.0 Å². The molecule has 0 aliphatic rings. The number of amides is 1. The number of nitrogens with zero attached hydrogens (tertiary/aromatic N) is 1. The molecule has 0 aliphatic carbocycles. The van der Waals surface area contributed by atoms with Crippen LogP contribution < -0.4 is 0 Å². The average Bonchev–Trinajstić information content (AvgIpc) is 3.26. The molecule has 1 amide bonds. The summed E-state index contributed by atoms with van der Waals surface area (Å²) in [6.07, 6.45) is 4.21. The largest absolute Gasteiger partial charge is 0.472 e. The SMILES string of the molecule is O=C(c1ccsc1)N(CCc1cccs1)Cc1ccoc1. The van der Waals surface area contributed by atoms with Crippen LogP contribution in [-0.4, -0.2) is 17.4 Å². The molecule has 3 rings (SSSR count). The predicted molar refractivity (Wildman–Crippen MR) is 85.8 cm³/mol. The molecular weight excluding hydrogens is 302 g/mol. The van der Waals surface area contributed by atoms with E-state index in [1.54, 1.807) is 35.2 Å². The van der Waals surface area contributed by atoms with Gasteiger partial charge in [-0.1, -0.05) is 6.07 Å². The summed E-state index contributed by atoms with van der Waals surface area (Å²) >= 11 is 3.27. The molecular formula is C16H15NO2S2. The van der Waals surface area contributed by atoms with Crippen molar-refractivity contribution in [1.29, 1.82) is 0 Å². The Morgan fingerprint density at radius 2 is 2.19 bits per heavy atom. The van der Waals surface area contributed by atoms with Crippen molar-refractivity contribution in [3.63, 3.8) is 0 Å². The van der Waals surface area contributed by atoms with Gasteiger partial charge in [-0.2, -0.15) is 11.3 Å². The highest BCUT2D eigenvalue weighted by Gasteiger charge is 2.17. The molecule has 0 unspecified atom stereocenters. The summed E-state index contributed by atoms with van der Waals surface area (Å²) in [5, 5.41) is 5.90. The molecule has 108 valence electrons. The third kappa shape index (κ3) is 3.62. The second kappa shape index (κ2) is 6.74. The highest BCUT2D eigenvalue weighted by molar-refractivity contribution is 7.09. The van der Waals surface area contributed by atoms with Crippen LogP contribution >= 0.6 is 22.7 Å². The van der Waals surface area contributed by atoms with Gasteiger partial charge in [-0.3, -0.25) is 4.79 Å². The maximum atomic E-state index is 12.6. The van der Waals surface area contributed by atoms with E-state index in [9.17, 15) is 4.79 Å². The van der Waals surface area contributed by atoms with Gasteiger partial charge in [-0.25, -0.2) is 0 Å². The molecule has 3 aromatic heterocycles. The van der Waals surface area contributed by atoms with Crippen molar-refractivity contribution < 1.29 is 9.21 Å². The molecule has 0 radical (unpaired) electrons. The molecule has 0 aliphatic heterocycles. The maximum Gasteiger partial charge on any atom is 0.255 e. The minimum absolute atomic E-state index is 0.0778. The van der Waals surface area contributed by atoms with E-state index in [-0.39, 0.29) is 5.91 Å². The van der Waals surface area contributed by atoms with Crippen LogP contribution in [0.1, 0.15) is 20.8 Å². The Morgan fingerprint density at radius 3 is 2.86 bits per heavy atom. The van der Waals surface area contributed by atoms with Gasteiger partial charge in [0.2, 0.25) is 0 Å². The van der Waals surface area contributed by atoms with Gasteiger partial charge >= 0.3 is 0 Å². The zero-order chi connectivity index (χ0) is 14.5. The van der Waals surface area contributed by atoms with E-state index in [0.717, 1.165) is 17.5 Å². The van der Waals surface area contributed by atoms with E-state index in [0.29, 0.717) is 13.1 Å². The zero-order valence-electron chi connectivity index (χ0n) is 11.4. The van der Waals surface area contributed by atoms with Crippen molar-refractivity contribution in [2.45, 2.75) is 13.0 Å². The van der Waals surface area contributed by atoms with Gasteiger partial charge in [0.05, 0.1) is 18.1 Å². The first kappa shape index (κ1) is 14.1. The Bertz CT molecular complexity index is 657. The van der Waals surface area contributed by atoms with Crippen LogP contribution in [0, 0.1) is 0 Å². The van der Waals surface area contributed by atoms with Gasteiger partial charge < -0.3 is 9.32 Å². The molecule has 0 N–H and O–H groups in total. The summed E-state index contributed by atoms with van der Waals surface area (Å²) in [4.78, 5) is 15.8. The van der Waals surface area contributed by atoms with Crippen LogP contribution in [0.15, 0.2) is 57.3 Å². The van der Waals surface area contributed by atoms with E-state index in [4.69, 9.17) is 4.42 Å². The van der Waals surface area contributed by atoms with E-state index in [2.05, 4.69) is 11.4 Å². The standard InChI is InChI=1S/C16H15NO2S2/c18-16(14-5-9-20-12-14)17(10-13-4-7-19-11-13)6-3-15-2-1-8-21-15/h1-2,4-5,7-9,11-12H,3,6,10H2. The molecule has 0 spiro atoms. The van der Waals surface area contributed by atoms with E-state index in [1.165, 1.54) is 4.88 Å². The molecule has 0 atom stereocenters. The lowest BCUT2D eigenvalue weighted by molar-refractivity contribution is 0.0746. The van der Waals surface area contributed by atoms with Crippen LogP contribution in [0.25, 0.3) is 0 Å². The zero-order valence-corrected chi connectivity index (χ0v) is 13.0. The summed E-state index contributed by atoms with van der Waals surface area (Å²) < 4.78 is 5.10. The second-order valence-corrected chi connectivity index (χ2v) is 6.51. The third-order valence-electron chi connectivity index (χ3n) is 3.22. The molecule has 5 heteroatoms. The second-order valence-electron chi connectivity index (χ2n) is 4.70. The number of carbonyl (C=O) groups excluding carboxylic acids is 1. The van der Waals surface area contributed by atoms with Crippen molar-refractivity contribution in [3.05, 3.63) is 68.9 Å². The van der Waals surface area contributed by atoms with Gasteiger partial charge in [0.25, 0.3) is 5.91 Å². The van der Waals surface area contributed by atoms with Gasteiger partial charge in [-0.15, -0.1) is 11.3 Å². The van der Waals surface area contributed by atoms with Crippen LogP contribution in [0.3, 0.4) is 0 Å². The number of hydrogen-bond acceptors (Lipinski definition) is 4. The quantitative estimate of drug-likeness (QED) is 0.679. The van der Waals surface area contributed by atoms with Gasteiger partial charge in [-0.05, 0) is 35.4 Å². The molecule has 21 heavy (non-hydrogen) atoms. The lowest BCUT2D eigenvalue weighted by Crippen LogP contribution is -2.32. The van der Waals surface area contributed by atoms with Crippen molar-refractivity contribution >= 4 is 28.6 Å². The maximum absolute atomic E-state index is 12.6. The normalized spacial score (nSPS) is 10.7. The molecule has 0 aromatic carbocycles. The number of carbonyl (C=O) groups is 1. The van der Waals surface area contributed by atoms with Crippen LogP contribution in [0.2, 0.25) is 0 Å². The number of thiophene rings is 2. The summed E-state index contributed by atoms with van der Waals surface area (Å²) in [6.45, 7) is 1.29. The third-order valence-corrected chi connectivity index (χ3v) is 4.84. The van der Waals surface area contributed by atoms with Crippen LogP contribution in [0.4, 0.5) is 0 Å². The number of furan rings is 1. The van der Waals surface area contributed by atoms with E-state index < -0.39 is 0 Å². The Morgan fingerprint density at radius 1 is 1.24 bits per heavy atom. The molecule has 3 aromatic rings. The number of rotatable bonds is 6. The summed E-state index contributed by atoms with van der Waals surface area (Å²) in [5.41, 5.74) is 1.78. The summed E-state index contributed by atoms with van der Waals surface area (Å²) in [7, 11) is 0. The van der Waals surface area contributed by atoms with Gasteiger partial charge in [0.1, 0.15) is 0 Å². The topological polar surface area (TPSA) is 33.5 Å². The molecule has 0 bridgehead atoms. The Labute approximate surface area is 131 Å². The first-order valence-electron chi connectivity index (χ1n) is 6.68. The minimum Gasteiger partial charge on any atom is -0.472 e. The Hall–Kier alpha value is -1.85. The molecule has 3 heterocycles. The van der Waals surface area contributed by atoms with E-state index >= 15 is 0 Å². The first-order valence-corrected chi connectivity index (χ1v) is 8.50. The Kier molecular flexibility index (Phi) is 4.52. The lowest BCUT2D eigenvalue weighted by Gasteiger charge is -2.21. The monoisotopic (exact) mass is 317 g/mol.